The number of aliphatic hydroxyl groups excluding tert-OH is 1. The average molecular weight is 403 g/mol. The molecule has 1 aromatic heterocycles. The van der Waals surface area contributed by atoms with Gasteiger partial charge in [0.05, 0.1) is 18.7 Å². The molecule has 0 spiro atoms. The number of hydrogen-bond acceptors (Lipinski definition) is 3. The van der Waals surface area contributed by atoms with Crippen LogP contribution in [-0.4, -0.2) is 46.1 Å². The molecule has 2 heterocycles. The zero-order chi connectivity index (χ0) is 21.1. The van der Waals surface area contributed by atoms with Crippen molar-refractivity contribution >= 4 is 5.78 Å². The third-order valence-corrected chi connectivity index (χ3v) is 6.20. The van der Waals surface area contributed by atoms with E-state index in [4.69, 9.17) is 0 Å². The van der Waals surface area contributed by atoms with Crippen molar-refractivity contribution in [1.82, 2.24) is 9.47 Å². The molecule has 1 aliphatic heterocycles. The maximum Gasteiger partial charge on any atom is 0.178 e. The largest absolute Gasteiger partial charge is 0.393 e. The number of carbonyl (C=O) groups excluding carboxylic acids is 1. The van der Waals surface area contributed by atoms with Gasteiger partial charge in [-0.15, -0.1) is 0 Å². The number of aromatic nitrogens is 1. The Hall–Kier alpha value is -2.69. The maximum atomic E-state index is 13.2. The molecular weight excluding hydrogens is 372 g/mol. The van der Waals surface area contributed by atoms with E-state index in [-0.39, 0.29) is 17.9 Å². The van der Waals surface area contributed by atoms with Gasteiger partial charge in [-0.1, -0.05) is 60.7 Å². The summed E-state index contributed by atoms with van der Waals surface area (Å²) in [5, 5.41) is 9.72. The third kappa shape index (κ3) is 4.25. The molecule has 0 radical (unpaired) electrons. The van der Waals surface area contributed by atoms with E-state index in [1.54, 1.807) is 0 Å². The van der Waals surface area contributed by atoms with Crippen LogP contribution < -0.4 is 0 Å². The SMILES string of the molecule is Cc1cc(C(=O)CN2CCC(O)CC2)c(C)n1C(c1ccccc1)c1ccccc1. The lowest BCUT2D eigenvalue weighted by Crippen LogP contribution is -2.39. The van der Waals surface area contributed by atoms with Crippen LogP contribution in [0.1, 0.15) is 51.8 Å². The minimum atomic E-state index is -0.223. The summed E-state index contributed by atoms with van der Waals surface area (Å²) < 4.78 is 2.29. The Labute approximate surface area is 178 Å². The van der Waals surface area contributed by atoms with E-state index in [0.29, 0.717) is 6.54 Å². The van der Waals surface area contributed by atoms with Crippen molar-refractivity contribution in [2.24, 2.45) is 0 Å². The monoisotopic (exact) mass is 402 g/mol. The van der Waals surface area contributed by atoms with Gasteiger partial charge in [0.1, 0.15) is 0 Å². The predicted octanol–water partition coefficient (Wildman–Crippen LogP) is 4.38. The molecule has 4 nitrogen and oxygen atoms in total. The van der Waals surface area contributed by atoms with E-state index >= 15 is 0 Å². The minimum absolute atomic E-state index is 0.0269. The molecule has 156 valence electrons. The first kappa shape index (κ1) is 20.6. The lowest BCUT2D eigenvalue weighted by atomic mass is 9.98. The van der Waals surface area contributed by atoms with Crippen LogP contribution in [0.4, 0.5) is 0 Å². The van der Waals surface area contributed by atoms with Gasteiger partial charge in [0.15, 0.2) is 5.78 Å². The molecule has 1 fully saturated rings. The number of ketones is 1. The van der Waals surface area contributed by atoms with Crippen LogP contribution in [0.25, 0.3) is 0 Å². The fraction of sp³-hybridized carbons (Fsp3) is 0.346. The number of carbonyl (C=O) groups is 1. The van der Waals surface area contributed by atoms with E-state index in [1.165, 1.54) is 11.1 Å². The highest BCUT2D eigenvalue weighted by Gasteiger charge is 2.25. The third-order valence-electron chi connectivity index (χ3n) is 6.20. The lowest BCUT2D eigenvalue weighted by Gasteiger charge is -2.28. The van der Waals surface area contributed by atoms with Crippen molar-refractivity contribution in [1.29, 1.82) is 0 Å². The van der Waals surface area contributed by atoms with Gasteiger partial charge in [0.2, 0.25) is 0 Å². The minimum Gasteiger partial charge on any atom is -0.393 e. The highest BCUT2D eigenvalue weighted by molar-refractivity contribution is 5.99. The van der Waals surface area contributed by atoms with Gasteiger partial charge < -0.3 is 9.67 Å². The van der Waals surface area contributed by atoms with E-state index in [9.17, 15) is 9.90 Å². The smallest absolute Gasteiger partial charge is 0.178 e. The number of rotatable bonds is 6. The van der Waals surface area contributed by atoms with Gasteiger partial charge in [-0.3, -0.25) is 9.69 Å². The molecule has 0 amide bonds. The normalized spacial score (nSPS) is 15.6. The highest BCUT2D eigenvalue weighted by atomic mass is 16.3. The Balaban J connectivity index is 1.68. The molecule has 30 heavy (non-hydrogen) atoms. The van der Waals surface area contributed by atoms with Crippen molar-refractivity contribution < 1.29 is 9.90 Å². The topological polar surface area (TPSA) is 45.5 Å². The Bertz CT molecular complexity index is 947. The first-order chi connectivity index (χ1) is 14.5. The van der Waals surface area contributed by atoms with E-state index in [1.807, 2.05) is 18.2 Å². The highest BCUT2D eigenvalue weighted by Crippen LogP contribution is 2.31. The van der Waals surface area contributed by atoms with Gasteiger partial charge in [0, 0.05) is 30.0 Å². The number of nitrogens with zero attached hydrogens (tertiary/aromatic N) is 2. The van der Waals surface area contributed by atoms with Gasteiger partial charge in [-0.2, -0.15) is 0 Å². The van der Waals surface area contributed by atoms with Crippen molar-refractivity contribution in [2.75, 3.05) is 19.6 Å². The number of aryl methyl sites for hydroxylation is 1. The van der Waals surface area contributed by atoms with Crippen molar-refractivity contribution in [2.45, 2.75) is 38.8 Å². The molecule has 1 saturated heterocycles. The summed E-state index contributed by atoms with van der Waals surface area (Å²) in [5.74, 6) is 0.158. The molecular formula is C26H30N2O2. The quantitative estimate of drug-likeness (QED) is 0.622. The summed E-state index contributed by atoms with van der Waals surface area (Å²) in [5.41, 5.74) is 5.30. The van der Waals surface area contributed by atoms with Crippen molar-refractivity contribution in [3.05, 3.63) is 94.8 Å². The number of benzene rings is 2. The first-order valence-corrected chi connectivity index (χ1v) is 10.8. The molecule has 1 aliphatic rings. The standard InChI is InChI=1S/C26H30N2O2/c1-19-17-24(25(30)18-27-15-13-23(29)14-16-27)20(2)28(19)26(21-9-5-3-6-10-21)22-11-7-4-8-12-22/h3-12,17,23,26,29H,13-16,18H2,1-2H3. The van der Waals surface area contributed by atoms with E-state index in [0.717, 1.165) is 42.9 Å². The molecule has 1 N–H and O–H groups in total. The van der Waals surface area contributed by atoms with Gasteiger partial charge in [-0.05, 0) is 43.9 Å². The first-order valence-electron chi connectivity index (χ1n) is 10.8. The second-order valence-corrected chi connectivity index (χ2v) is 8.31. The fourth-order valence-corrected chi connectivity index (χ4v) is 4.58. The Morgan fingerprint density at radius 2 is 1.50 bits per heavy atom. The van der Waals surface area contributed by atoms with Gasteiger partial charge in [-0.25, -0.2) is 0 Å². The molecule has 0 atom stereocenters. The molecule has 3 aromatic rings. The van der Waals surface area contributed by atoms with Gasteiger partial charge >= 0.3 is 0 Å². The summed E-state index contributed by atoms with van der Waals surface area (Å²) in [4.78, 5) is 15.3. The van der Waals surface area contributed by atoms with Crippen molar-refractivity contribution in [3.8, 4) is 0 Å². The van der Waals surface area contributed by atoms with Crippen LogP contribution >= 0.6 is 0 Å². The molecule has 0 bridgehead atoms. The van der Waals surface area contributed by atoms with Crippen molar-refractivity contribution in [3.63, 3.8) is 0 Å². The molecule has 0 unspecified atom stereocenters. The summed E-state index contributed by atoms with van der Waals surface area (Å²) in [6, 6.07) is 23.0. The Morgan fingerprint density at radius 3 is 2.03 bits per heavy atom. The second kappa shape index (κ2) is 8.99. The molecule has 4 heteroatoms. The van der Waals surface area contributed by atoms with Crippen LogP contribution in [0.2, 0.25) is 0 Å². The predicted molar refractivity (Wildman–Crippen MR) is 120 cm³/mol. The molecule has 4 rings (SSSR count). The number of likely N-dealkylation sites (tertiary alicyclic amines) is 1. The van der Waals surface area contributed by atoms with Crippen LogP contribution in [0, 0.1) is 13.8 Å². The zero-order valence-corrected chi connectivity index (χ0v) is 17.8. The second-order valence-electron chi connectivity index (χ2n) is 8.31. The number of aliphatic hydroxyl groups is 1. The van der Waals surface area contributed by atoms with Crippen LogP contribution in [0.3, 0.4) is 0 Å². The summed E-state index contributed by atoms with van der Waals surface area (Å²) in [6.07, 6.45) is 1.27. The summed E-state index contributed by atoms with van der Waals surface area (Å²) in [7, 11) is 0. The number of Topliss-reactive ketones (excluding diaryl/α,β-unsaturated/α-hetero) is 1. The summed E-state index contributed by atoms with van der Waals surface area (Å²) in [6.45, 7) is 6.11. The summed E-state index contributed by atoms with van der Waals surface area (Å²) >= 11 is 0. The number of piperidine rings is 1. The van der Waals surface area contributed by atoms with Crippen LogP contribution in [-0.2, 0) is 0 Å². The zero-order valence-electron chi connectivity index (χ0n) is 17.8. The fourth-order valence-electron chi connectivity index (χ4n) is 4.58. The van der Waals surface area contributed by atoms with Gasteiger partial charge in [0.25, 0.3) is 0 Å². The molecule has 2 aromatic carbocycles. The number of hydrogen-bond donors (Lipinski definition) is 1. The Morgan fingerprint density at radius 1 is 0.967 bits per heavy atom. The average Bonchev–Trinajstić information content (AvgIpc) is 3.06. The van der Waals surface area contributed by atoms with Crippen LogP contribution in [0.15, 0.2) is 66.7 Å². The van der Waals surface area contributed by atoms with Crippen LogP contribution in [0.5, 0.6) is 0 Å². The molecule has 0 saturated carbocycles. The van der Waals surface area contributed by atoms with E-state index in [2.05, 4.69) is 71.8 Å². The molecule has 0 aliphatic carbocycles. The Kier molecular flexibility index (Phi) is 6.16. The van der Waals surface area contributed by atoms with E-state index < -0.39 is 0 Å². The maximum absolute atomic E-state index is 13.2. The lowest BCUT2D eigenvalue weighted by molar-refractivity contribution is 0.0710.